The SMILES string of the molecule is O=C(c1c[nH]c(=O)n(Cc2cccs2)c1=O)N1CCN(C(=O)C2CC2)CC1. The lowest BCUT2D eigenvalue weighted by Crippen LogP contribution is -2.52. The normalized spacial score (nSPS) is 17.2. The van der Waals surface area contributed by atoms with Crippen LogP contribution < -0.4 is 11.2 Å². The molecule has 0 spiro atoms. The van der Waals surface area contributed by atoms with Crippen molar-refractivity contribution in [3.05, 3.63) is 55.0 Å². The summed E-state index contributed by atoms with van der Waals surface area (Å²) in [5, 5.41) is 1.87. The van der Waals surface area contributed by atoms with Crippen LogP contribution in [0.3, 0.4) is 0 Å². The van der Waals surface area contributed by atoms with Gasteiger partial charge in [0.1, 0.15) is 5.56 Å². The van der Waals surface area contributed by atoms with Crippen LogP contribution in [0.25, 0.3) is 0 Å². The van der Waals surface area contributed by atoms with Gasteiger partial charge in [-0.1, -0.05) is 6.07 Å². The zero-order valence-electron chi connectivity index (χ0n) is 14.7. The molecule has 1 saturated heterocycles. The summed E-state index contributed by atoms with van der Waals surface area (Å²) in [5.74, 6) is -0.0740. The monoisotopic (exact) mass is 388 g/mol. The Bertz CT molecular complexity index is 966. The molecule has 0 unspecified atom stereocenters. The Morgan fingerprint density at radius 3 is 2.44 bits per heavy atom. The van der Waals surface area contributed by atoms with Gasteiger partial charge >= 0.3 is 5.69 Å². The number of carbonyl (C=O) groups is 2. The number of amides is 2. The molecule has 1 saturated carbocycles. The van der Waals surface area contributed by atoms with E-state index in [2.05, 4.69) is 4.98 Å². The number of H-pyrrole nitrogens is 1. The molecular formula is C18H20N4O4S. The lowest BCUT2D eigenvalue weighted by molar-refractivity contribution is -0.134. The van der Waals surface area contributed by atoms with Crippen LogP contribution in [0.2, 0.25) is 0 Å². The Morgan fingerprint density at radius 1 is 1.11 bits per heavy atom. The fraction of sp³-hybridized carbons (Fsp3) is 0.444. The minimum absolute atomic E-state index is 0.0480. The van der Waals surface area contributed by atoms with Gasteiger partial charge in [-0.25, -0.2) is 4.79 Å². The number of rotatable bonds is 4. The summed E-state index contributed by atoms with van der Waals surface area (Å²) in [5.41, 5.74) is -1.17. The average Bonchev–Trinajstić information content (AvgIpc) is 3.41. The van der Waals surface area contributed by atoms with Crippen molar-refractivity contribution in [2.24, 2.45) is 5.92 Å². The van der Waals surface area contributed by atoms with Crippen molar-refractivity contribution in [1.29, 1.82) is 0 Å². The molecule has 27 heavy (non-hydrogen) atoms. The molecule has 9 heteroatoms. The quantitative estimate of drug-likeness (QED) is 0.817. The van der Waals surface area contributed by atoms with Gasteiger partial charge in [-0.3, -0.25) is 19.0 Å². The van der Waals surface area contributed by atoms with Gasteiger partial charge in [0.15, 0.2) is 0 Å². The number of piperazine rings is 1. The number of nitrogens with one attached hydrogen (secondary N) is 1. The maximum Gasteiger partial charge on any atom is 0.328 e. The number of hydrogen-bond acceptors (Lipinski definition) is 5. The molecule has 0 bridgehead atoms. The summed E-state index contributed by atoms with van der Waals surface area (Å²) in [7, 11) is 0. The van der Waals surface area contributed by atoms with Gasteiger partial charge in [0.25, 0.3) is 11.5 Å². The minimum Gasteiger partial charge on any atom is -0.339 e. The summed E-state index contributed by atoms with van der Waals surface area (Å²) in [6, 6.07) is 3.68. The van der Waals surface area contributed by atoms with Crippen molar-refractivity contribution in [1.82, 2.24) is 19.4 Å². The van der Waals surface area contributed by atoms with E-state index < -0.39 is 17.2 Å². The molecule has 0 radical (unpaired) electrons. The van der Waals surface area contributed by atoms with Gasteiger partial charge in [-0.15, -0.1) is 11.3 Å². The Labute approximate surface area is 159 Å². The Hall–Kier alpha value is -2.68. The van der Waals surface area contributed by atoms with Gasteiger partial charge in [0, 0.05) is 43.2 Å². The summed E-state index contributed by atoms with van der Waals surface area (Å²) >= 11 is 1.44. The molecule has 0 atom stereocenters. The van der Waals surface area contributed by atoms with Crippen LogP contribution in [0.4, 0.5) is 0 Å². The van der Waals surface area contributed by atoms with Crippen molar-refractivity contribution in [3.63, 3.8) is 0 Å². The van der Waals surface area contributed by atoms with Crippen molar-refractivity contribution in [3.8, 4) is 0 Å². The number of hydrogen-bond donors (Lipinski definition) is 1. The van der Waals surface area contributed by atoms with Crippen molar-refractivity contribution >= 4 is 23.2 Å². The van der Waals surface area contributed by atoms with Crippen LogP contribution in [0.15, 0.2) is 33.3 Å². The summed E-state index contributed by atoms with van der Waals surface area (Å²) < 4.78 is 1.05. The highest BCUT2D eigenvalue weighted by Gasteiger charge is 2.35. The molecule has 8 nitrogen and oxygen atoms in total. The van der Waals surface area contributed by atoms with Crippen LogP contribution in [0, 0.1) is 5.92 Å². The molecule has 1 N–H and O–H groups in total. The molecule has 3 heterocycles. The van der Waals surface area contributed by atoms with E-state index in [1.807, 2.05) is 17.5 Å². The zero-order valence-corrected chi connectivity index (χ0v) is 15.5. The summed E-state index contributed by atoms with van der Waals surface area (Å²) in [6.07, 6.45) is 3.11. The van der Waals surface area contributed by atoms with Crippen molar-refractivity contribution in [2.45, 2.75) is 19.4 Å². The molecular weight excluding hydrogens is 368 g/mol. The van der Waals surface area contributed by atoms with Gasteiger partial charge in [0.05, 0.1) is 6.54 Å². The van der Waals surface area contributed by atoms with Gasteiger partial charge in [0.2, 0.25) is 5.91 Å². The molecule has 0 aromatic carbocycles. The third kappa shape index (κ3) is 3.59. The topological polar surface area (TPSA) is 95.5 Å². The van der Waals surface area contributed by atoms with Crippen LogP contribution in [-0.2, 0) is 11.3 Å². The highest BCUT2D eigenvalue weighted by molar-refractivity contribution is 7.09. The van der Waals surface area contributed by atoms with Crippen LogP contribution in [0.1, 0.15) is 28.1 Å². The molecule has 2 aliphatic rings. The molecule has 4 rings (SSSR count). The number of aromatic nitrogens is 2. The van der Waals surface area contributed by atoms with E-state index in [1.54, 1.807) is 9.80 Å². The molecule has 1 aliphatic carbocycles. The van der Waals surface area contributed by atoms with E-state index in [4.69, 9.17) is 0 Å². The first-order valence-corrected chi connectivity index (χ1v) is 9.85. The predicted molar refractivity (Wildman–Crippen MR) is 100.0 cm³/mol. The first-order chi connectivity index (χ1) is 13.0. The number of nitrogens with zero attached hydrogens (tertiary/aromatic N) is 3. The fourth-order valence-electron chi connectivity index (χ4n) is 3.26. The van der Waals surface area contributed by atoms with Crippen molar-refractivity contribution < 1.29 is 9.59 Å². The standard InChI is InChI=1S/C18H20N4O4S/c23-15(12-3-4-12)20-5-7-21(8-6-20)16(24)14-10-19-18(26)22(17(14)25)11-13-2-1-9-27-13/h1-2,9-10,12H,3-8,11H2,(H,19,26). The van der Waals surface area contributed by atoms with E-state index in [0.717, 1.165) is 22.3 Å². The van der Waals surface area contributed by atoms with Gasteiger partial charge in [-0.05, 0) is 24.3 Å². The van der Waals surface area contributed by atoms with Crippen LogP contribution in [-0.4, -0.2) is 57.3 Å². The van der Waals surface area contributed by atoms with Crippen LogP contribution >= 0.6 is 11.3 Å². The minimum atomic E-state index is -0.589. The van der Waals surface area contributed by atoms with E-state index in [-0.39, 0.29) is 23.9 Å². The van der Waals surface area contributed by atoms with E-state index in [1.165, 1.54) is 17.5 Å². The molecule has 2 aromatic heterocycles. The lowest BCUT2D eigenvalue weighted by Gasteiger charge is -2.34. The van der Waals surface area contributed by atoms with Crippen LogP contribution in [0.5, 0.6) is 0 Å². The number of aromatic amines is 1. The Kier molecular flexibility index (Phi) is 4.69. The lowest BCUT2D eigenvalue weighted by atomic mass is 10.2. The largest absolute Gasteiger partial charge is 0.339 e. The second-order valence-electron chi connectivity index (χ2n) is 6.87. The molecule has 1 aliphatic heterocycles. The average molecular weight is 388 g/mol. The second kappa shape index (κ2) is 7.15. The molecule has 2 aromatic rings. The maximum atomic E-state index is 12.8. The third-order valence-electron chi connectivity index (χ3n) is 4.99. The van der Waals surface area contributed by atoms with Gasteiger partial charge in [-0.2, -0.15) is 0 Å². The van der Waals surface area contributed by atoms with Crippen molar-refractivity contribution in [2.75, 3.05) is 26.2 Å². The Morgan fingerprint density at radius 2 is 1.81 bits per heavy atom. The zero-order chi connectivity index (χ0) is 19.0. The maximum absolute atomic E-state index is 12.8. The first kappa shape index (κ1) is 17.7. The molecule has 142 valence electrons. The van der Waals surface area contributed by atoms with E-state index in [0.29, 0.717) is 26.2 Å². The number of thiophene rings is 1. The first-order valence-electron chi connectivity index (χ1n) is 8.97. The summed E-state index contributed by atoms with van der Waals surface area (Å²) in [6.45, 7) is 1.87. The Balaban J connectivity index is 1.50. The highest BCUT2D eigenvalue weighted by atomic mass is 32.1. The van der Waals surface area contributed by atoms with E-state index in [9.17, 15) is 19.2 Å². The fourth-order valence-corrected chi connectivity index (χ4v) is 3.95. The molecule has 2 amide bonds. The second-order valence-corrected chi connectivity index (χ2v) is 7.90. The summed E-state index contributed by atoms with van der Waals surface area (Å²) in [4.78, 5) is 56.4. The smallest absolute Gasteiger partial charge is 0.328 e. The predicted octanol–water partition coefficient (Wildman–Crippen LogP) is 0.341. The highest BCUT2D eigenvalue weighted by Crippen LogP contribution is 2.31. The third-order valence-corrected chi connectivity index (χ3v) is 5.85. The molecule has 2 fully saturated rings. The number of carbonyl (C=O) groups excluding carboxylic acids is 2. The van der Waals surface area contributed by atoms with E-state index >= 15 is 0 Å². The van der Waals surface area contributed by atoms with Gasteiger partial charge < -0.3 is 14.8 Å².